The topological polar surface area (TPSA) is 126 Å². The molecular weight excluding hydrogens is 653 g/mol. The molecule has 10 heteroatoms. The quantitative estimate of drug-likeness (QED) is 0.173. The van der Waals surface area contributed by atoms with Crippen LogP contribution in [0.3, 0.4) is 0 Å². The van der Waals surface area contributed by atoms with Crippen LogP contribution in [-0.4, -0.2) is 66.5 Å². The van der Waals surface area contributed by atoms with Crippen molar-refractivity contribution in [3.63, 3.8) is 0 Å². The Balaban J connectivity index is 1.03. The lowest BCUT2D eigenvalue weighted by molar-refractivity contribution is 0.0610. The first kappa shape index (κ1) is 31.9. The van der Waals surface area contributed by atoms with Gasteiger partial charge in [0, 0.05) is 44.4 Å². The van der Waals surface area contributed by atoms with Gasteiger partial charge in [-0.1, -0.05) is 36.1 Å². The lowest BCUT2D eigenvalue weighted by Crippen LogP contribution is -2.43. The Kier molecular flexibility index (Phi) is 7.90. The fourth-order valence-corrected chi connectivity index (χ4v) is 6.35. The van der Waals surface area contributed by atoms with Crippen LogP contribution in [0.1, 0.15) is 64.2 Å². The summed E-state index contributed by atoms with van der Waals surface area (Å²) in [6.45, 7) is 3.44. The maximum Gasteiger partial charge on any atom is 0.262 e. The summed E-state index contributed by atoms with van der Waals surface area (Å²) in [6, 6.07) is 28.2. The highest BCUT2D eigenvalue weighted by Gasteiger charge is 2.39. The first-order chi connectivity index (χ1) is 25.3. The van der Waals surface area contributed by atoms with Gasteiger partial charge in [0.2, 0.25) is 0 Å². The van der Waals surface area contributed by atoms with E-state index < -0.39 is 23.6 Å². The first-order valence-corrected chi connectivity index (χ1v) is 16.4. The van der Waals surface area contributed by atoms with Crippen LogP contribution in [0, 0.1) is 37.5 Å². The van der Waals surface area contributed by atoms with Gasteiger partial charge >= 0.3 is 0 Å². The standard InChI is InChI=1S/C42H26N6O4/c1-25-9-3-15-33(43-25)35-17-5-11-27(45-35)13-7-23-47-39(49)29-19-21-31-38-32(22-20-30(37(29)38)40(47)50)42(52)48(41(31)51)24-8-14-28-12-6-18-36(46-28)34-16-4-10-26(2)44-34/h3-6,9-12,15-22H,23-24H2,1-2H3. The Morgan fingerprint density at radius 1 is 0.442 bits per heavy atom. The SMILES string of the molecule is Cc1cccc(-c2cccc(C#CCN3C(=O)c4ccc5c6c(ccc(c46)C3=O)C(=O)N(CC#Cc3cccc(-c4cccc(C)n4)n3)C5=O)n2)n1. The minimum absolute atomic E-state index is 0.180. The van der Waals surface area contributed by atoms with Gasteiger partial charge in [-0.2, -0.15) is 0 Å². The highest BCUT2D eigenvalue weighted by Crippen LogP contribution is 2.37. The molecule has 10 nitrogen and oxygen atoms in total. The summed E-state index contributed by atoms with van der Waals surface area (Å²) >= 11 is 0. The van der Waals surface area contributed by atoms with Gasteiger partial charge in [-0.3, -0.25) is 38.9 Å². The summed E-state index contributed by atoms with van der Waals surface area (Å²) in [6.07, 6.45) is 0. The van der Waals surface area contributed by atoms with E-state index in [1.807, 2.05) is 74.5 Å². The third-order valence-electron chi connectivity index (χ3n) is 8.77. The van der Waals surface area contributed by atoms with Crippen molar-refractivity contribution in [1.82, 2.24) is 29.7 Å². The number of pyridine rings is 4. The number of aromatic nitrogens is 4. The molecule has 6 aromatic rings. The van der Waals surface area contributed by atoms with Crippen molar-refractivity contribution in [1.29, 1.82) is 0 Å². The molecule has 0 unspecified atom stereocenters. The molecule has 4 amide bonds. The van der Waals surface area contributed by atoms with Crippen molar-refractivity contribution in [3.8, 4) is 46.5 Å². The van der Waals surface area contributed by atoms with E-state index in [9.17, 15) is 19.2 Å². The molecule has 2 aliphatic rings. The van der Waals surface area contributed by atoms with Crippen LogP contribution in [0.25, 0.3) is 33.5 Å². The zero-order valence-corrected chi connectivity index (χ0v) is 28.0. The van der Waals surface area contributed by atoms with Crippen LogP contribution in [0.15, 0.2) is 97.1 Å². The number of nitrogens with zero attached hydrogens (tertiary/aromatic N) is 6. The molecule has 0 spiro atoms. The summed E-state index contributed by atoms with van der Waals surface area (Å²) in [5.41, 5.74) is 6.24. The number of carbonyl (C=O) groups is 4. The van der Waals surface area contributed by atoms with E-state index >= 15 is 0 Å². The minimum Gasteiger partial charge on any atom is -0.269 e. The smallest absolute Gasteiger partial charge is 0.262 e. The van der Waals surface area contributed by atoms with Gasteiger partial charge in [-0.25, -0.2) is 9.97 Å². The van der Waals surface area contributed by atoms with Gasteiger partial charge in [0.1, 0.15) is 11.4 Å². The fourth-order valence-electron chi connectivity index (χ4n) is 6.35. The first-order valence-electron chi connectivity index (χ1n) is 16.4. The van der Waals surface area contributed by atoms with Crippen LogP contribution >= 0.6 is 0 Å². The third kappa shape index (κ3) is 5.64. The lowest BCUT2D eigenvalue weighted by atomic mass is 9.86. The Morgan fingerprint density at radius 3 is 1.12 bits per heavy atom. The molecule has 0 saturated carbocycles. The monoisotopic (exact) mass is 678 g/mol. The molecule has 0 N–H and O–H groups in total. The maximum absolute atomic E-state index is 13.7. The predicted octanol–water partition coefficient (Wildman–Crippen LogP) is 5.67. The summed E-state index contributed by atoms with van der Waals surface area (Å²) in [4.78, 5) is 75.1. The van der Waals surface area contributed by atoms with Crippen molar-refractivity contribution in [3.05, 3.63) is 142 Å². The molecule has 6 heterocycles. The van der Waals surface area contributed by atoms with Crippen LogP contribution < -0.4 is 0 Å². The minimum atomic E-state index is -0.565. The second-order valence-corrected chi connectivity index (χ2v) is 12.2. The zero-order chi connectivity index (χ0) is 35.9. The van der Waals surface area contributed by atoms with E-state index in [4.69, 9.17) is 0 Å². The number of hydrogen-bond donors (Lipinski definition) is 0. The number of rotatable bonds is 4. The Bertz CT molecular complexity index is 2430. The number of hydrogen-bond acceptors (Lipinski definition) is 8. The molecule has 0 fully saturated rings. The second kappa shape index (κ2) is 12.9. The number of imide groups is 2. The molecule has 2 aliphatic heterocycles. The van der Waals surface area contributed by atoms with Crippen molar-refractivity contribution in [2.24, 2.45) is 0 Å². The molecule has 2 aromatic carbocycles. The molecular formula is C42H26N6O4. The molecule has 4 aromatic heterocycles. The molecule has 0 atom stereocenters. The van der Waals surface area contributed by atoms with E-state index in [2.05, 4.69) is 43.6 Å². The highest BCUT2D eigenvalue weighted by molar-refractivity contribution is 6.33. The van der Waals surface area contributed by atoms with Crippen LogP contribution in [0.2, 0.25) is 0 Å². The number of carbonyl (C=O) groups excluding carboxylic acids is 4. The predicted molar refractivity (Wildman–Crippen MR) is 193 cm³/mol. The van der Waals surface area contributed by atoms with Gasteiger partial charge in [0.15, 0.2) is 0 Å². The average molecular weight is 679 g/mol. The van der Waals surface area contributed by atoms with E-state index in [0.717, 1.165) is 21.2 Å². The average Bonchev–Trinajstić information content (AvgIpc) is 3.16. The molecule has 8 rings (SSSR count). The van der Waals surface area contributed by atoms with E-state index in [0.29, 0.717) is 34.2 Å². The van der Waals surface area contributed by atoms with Crippen molar-refractivity contribution in [2.45, 2.75) is 13.8 Å². The summed E-state index contributed by atoms with van der Waals surface area (Å²) in [5, 5.41) is 0.569. The van der Waals surface area contributed by atoms with Crippen LogP contribution in [0.5, 0.6) is 0 Å². The fraction of sp³-hybridized carbons (Fsp3) is 0.0952. The molecule has 248 valence electrons. The van der Waals surface area contributed by atoms with E-state index in [1.54, 1.807) is 12.1 Å². The van der Waals surface area contributed by atoms with Crippen molar-refractivity contribution >= 4 is 34.4 Å². The van der Waals surface area contributed by atoms with Gasteiger partial charge in [0.05, 0.1) is 35.9 Å². The molecule has 0 radical (unpaired) electrons. The Hall–Kier alpha value is -7.30. The van der Waals surface area contributed by atoms with Crippen LogP contribution in [-0.2, 0) is 0 Å². The maximum atomic E-state index is 13.7. The highest BCUT2D eigenvalue weighted by atomic mass is 16.2. The second-order valence-electron chi connectivity index (χ2n) is 12.2. The summed E-state index contributed by atoms with van der Waals surface area (Å²) in [7, 11) is 0. The van der Waals surface area contributed by atoms with Gasteiger partial charge in [0.25, 0.3) is 23.6 Å². The van der Waals surface area contributed by atoms with E-state index in [1.165, 1.54) is 24.3 Å². The van der Waals surface area contributed by atoms with Gasteiger partial charge in [-0.15, -0.1) is 0 Å². The normalized spacial score (nSPS) is 13.1. The Labute approximate surface area is 298 Å². The number of benzene rings is 2. The van der Waals surface area contributed by atoms with Crippen molar-refractivity contribution in [2.75, 3.05) is 13.1 Å². The van der Waals surface area contributed by atoms with Gasteiger partial charge in [-0.05, 0) is 98.5 Å². The number of aryl methyl sites for hydroxylation is 2. The molecule has 0 saturated heterocycles. The Morgan fingerprint density at radius 2 is 0.769 bits per heavy atom. The third-order valence-corrected chi connectivity index (χ3v) is 8.77. The summed E-state index contributed by atoms with van der Waals surface area (Å²) < 4.78 is 0. The lowest BCUT2D eigenvalue weighted by Gasteiger charge is -2.30. The van der Waals surface area contributed by atoms with Crippen LogP contribution in [0.4, 0.5) is 0 Å². The van der Waals surface area contributed by atoms with Crippen molar-refractivity contribution < 1.29 is 19.2 Å². The van der Waals surface area contributed by atoms with Gasteiger partial charge < -0.3 is 0 Å². The largest absolute Gasteiger partial charge is 0.269 e. The van der Waals surface area contributed by atoms with E-state index in [-0.39, 0.29) is 46.1 Å². The molecule has 0 aliphatic carbocycles. The summed E-state index contributed by atoms with van der Waals surface area (Å²) in [5.74, 6) is 9.47. The zero-order valence-electron chi connectivity index (χ0n) is 28.0. The molecule has 52 heavy (non-hydrogen) atoms. The molecule has 0 bridgehead atoms. The number of amides is 4.